The van der Waals surface area contributed by atoms with E-state index >= 15 is 0 Å². The summed E-state index contributed by atoms with van der Waals surface area (Å²) in [6.07, 6.45) is 4.43. The van der Waals surface area contributed by atoms with Crippen LogP contribution in [0.2, 0.25) is 0 Å². The Balaban J connectivity index is 1.89. The Hall–Kier alpha value is -0.610. The lowest BCUT2D eigenvalue weighted by atomic mass is 9.83. The highest BCUT2D eigenvalue weighted by atomic mass is 16.7. The molecule has 4 nitrogen and oxygen atoms in total. The first-order valence-corrected chi connectivity index (χ1v) is 5.59. The largest absolute Gasteiger partial charge is 0.469 e. The van der Waals surface area contributed by atoms with Crippen LogP contribution in [0.25, 0.3) is 0 Å². The molecule has 2 rings (SSSR count). The number of hydrogen-bond acceptors (Lipinski definition) is 4. The summed E-state index contributed by atoms with van der Waals surface area (Å²) in [4.78, 5) is 11.2. The highest BCUT2D eigenvalue weighted by Gasteiger charge is 2.41. The molecule has 1 spiro atoms. The van der Waals surface area contributed by atoms with Gasteiger partial charge in [-0.3, -0.25) is 4.79 Å². The van der Waals surface area contributed by atoms with Gasteiger partial charge in [0.05, 0.1) is 20.3 Å². The lowest BCUT2D eigenvalue weighted by molar-refractivity contribution is -0.188. The smallest absolute Gasteiger partial charge is 0.305 e. The Morgan fingerprint density at radius 3 is 2.87 bits per heavy atom. The second-order valence-corrected chi connectivity index (χ2v) is 4.35. The summed E-state index contributed by atoms with van der Waals surface area (Å²) in [6, 6.07) is 0. The summed E-state index contributed by atoms with van der Waals surface area (Å²) in [5.74, 6) is -0.156. The van der Waals surface area contributed by atoms with Gasteiger partial charge in [-0.25, -0.2) is 0 Å². The average molecular weight is 214 g/mol. The van der Waals surface area contributed by atoms with Crippen molar-refractivity contribution >= 4 is 5.97 Å². The van der Waals surface area contributed by atoms with Gasteiger partial charge in [-0.05, 0) is 18.8 Å². The van der Waals surface area contributed by atoms with E-state index in [1.165, 1.54) is 7.11 Å². The zero-order valence-electron chi connectivity index (χ0n) is 9.16. The fourth-order valence-electron chi connectivity index (χ4n) is 2.56. The van der Waals surface area contributed by atoms with E-state index in [4.69, 9.17) is 9.47 Å². The average Bonchev–Trinajstić information content (AvgIpc) is 2.66. The quantitative estimate of drug-likeness (QED) is 0.653. The van der Waals surface area contributed by atoms with Gasteiger partial charge in [-0.15, -0.1) is 0 Å². The summed E-state index contributed by atoms with van der Waals surface area (Å²) in [7, 11) is 1.43. The van der Waals surface area contributed by atoms with Gasteiger partial charge in [0.15, 0.2) is 5.79 Å². The fourth-order valence-corrected chi connectivity index (χ4v) is 2.56. The lowest BCUT2D eigenvalue weighted by Crippen LogP contribution is -2.37. The van der Waals surface area contributed by atoms with E-state index in [-0.39, 0.29) is 11.8 Å². The van der Waals surface area contributed by atoms with Crippen molar-refractivity contribution < 1.29 is 19.0 Å². The zero-order valence-corrected chi connectivity index (χ0v) is 9.16. The molecule has 4 heteroatoms. The van der Waals surface area contributed by atoms with Crippen LogP contribution < -0.4 is 0 Å². The molecule has 15 heavy (non-hydrogen) atoms. The molecule has 0 aromatic heterocycles. The minimum absolute atomic E-state index is 0.130. The summed E-state index contributed by atoms with van der Waals surface area (Å²) >= 11 is 0. The molecule has 1 saturated carbocycles. The van der Waals surface area contributed by atoms with Crippen LogP contribution >= 0.6 is 0 Å². The first-order chi connectivity index (χ1) is 7.24. The molecule has 86 valence electrons. The maximum atomic E-state index is 11.2. The molecule has 0 radical (unpaired) electrons. The molecule has 0 amide bonds. The predicted molar refractivity (Wildman–Crippen MR) is 53.2 cm³/mol. The standard InChI is InChI=1S/C11H18O4/c1-13-10(12)7-9-3-2-4-11(8-9)14-5-6-15-11/h9H,2-8H2,1H3/t9-/m1/s1. The Morgan fingerprint density at radius 2 is 2.20 bits per heavy atom. The Morgan fingerprint density at radius 1 is 1.47 bits per heavy atom. The Kier molecular flexibility index (Phi) is 3.26. The molecular formula is C11H18O4. The van der Waals surface area contributed by atoms with Crippen molar-refractivity contribution in [2.45, 2.75) is 37.9 Å². The molecule has 0 unspecified atom stereocenters. The first kappa shape index (κ1) is 10.9. The van der Waals surface area contributed by atoms with Gasteiger partial charge in [0, 0.05) is 19.3 Å². The third-order valence-corrected chi connectivity index (χ3v) is 3.27. The van der Waals surface area contributed by atoms with Crippen molar-refractivity contribution in [3.05, 3.63) is 0 Å². The summed E-state index contributed by atoms with van der Waals surface area (Å²) in [5.41, 5.74) is 0. The number of ether oxygens (including phenoxy) is 3. The van der Waals surface area contributed by atoms with E-state index in [1.807, 2.05) is 0 Å². The molecule has 1 aliphatic carbocycles. The second kappa shape index (κ2) is 4.49. The molecule has 1 heterocycles. The topological polar surface area (TPSA) is 44.8 Å². The monoisotopic (exact) mass is 214 g/mol. The van der Waals surface area contributed by atoms with Crippen molar-refractivity contribution in [3.63, 3.8) is 0 Å². The minimum Gasteiger partial charge on any atom is -0.469 e. The van der Waals surface area contributed by atoms with Crippen molar-refractivity contribution in [3.8, 4) is 0 Å². The second-order valence-electron chi connectivity index (χ2n) is 4.35. The van der Waals surface area contributed by atoms with E-state index in [9.17, 15) is 4.79 Å². The van der Waals surface area contributed by atoms with E-state index in [1.54, 1.807) is 0 Å². The number of carbonyl (C=O) groups is 1. The molecule has 1 aliphatic heterocycles. The van der Waals surface area contributed by atoms with Crippen LogP contribution in [-0.4, -0.2) is 32.1 Å². The highest BCUT2D eigenvalue weighted by molar-refractivity contribution is 5.69. The van der Waals surface area contributed by atoms with Crippen LogP contribution in [0.4, 0.5) is 0 Å². The molecule has 2 aliphatic rings. The van der Waals surface area contributed by atoms with Crippen LogP contribution in [0.5, 0.6) is 0 Å². The van der Waals surface area contributed by atoms with E-state index in [0.717, 1.165) is 25.7 Å². The summed E-state index contributed by atoms with van der Waals surface area (Å²) < 4.78 is 16.0. The predicted octanol–water partition coefficient (Wildman–Crippen LogP) is 1.48. The van der Waals surface area contributed by atoms with Crippen molar-refractivity contribution in [1.82, 2.24) is 0 Å². The maximum Gasteiger partial charge on any atom is 0.305 e. The number of hydrogen-bond donors (Lipinski definition) is 0. The van der Waals surface area contributed by atoms with Crippen LogP contribution in [0, 0.1) is 5.92 Å². The normalized spacial score (nSPS) is 29.3. The van der Waals surface area contributed by atoms with Gasteiger partial charge in [0.25, 0.3) is 0 Å². The zero-order chi connectivity index (χ0) is 10.7. The van der Waals surface area contributed by atoms with E-state index in [2.05, 4.69) is 4.74 Å². The van der Waals surface area contributed by atoms with Gasteiger partial charge in [-0.1, -0.05) is 0 Å². The third-order valence-electron chi connectivity index (χ3n) is 3.27. The number of rotatable bonds is 2. The Bertz CT molecular complexity index is 233. The molecular weight excluding hydrogens is 196 g/mol. The van der Waals surface area contributed by atoms with Gasteiger partial charge < -0.3 is 14.2 Å². The number of carbonyl (C=O) groups excluding carboxylic acids is 1. The summed E-state index contributed by atoms with van der Waals surface area (Å²) in [5, 5.41) is 0. The van der Waals surface area contributed by atoms with Crippen LogP contribution in [-0.2, 0) is 19.0 Å². The molecule has 0 bridgehead atoms. The van der Waals surface area contributed by atoms with Crippen LogP contribution in [0.1, 0.15) is 32.1 Å². The Labute approximate surface area is 89.9 Å². The van der Waals surface area contributed by atoms with Crippen molar-refractivity contribution in [2.24, 2.45) is 5.92 Å². The van der Waals surface area contributed by atoms with Crippen LogP contribution in [0.3, 0.4) is 0 Å². The summed E-state index contributed by atoms with van der Waals surface area (Å²) in [6.45, 7) is 1.37. The van der Waals surface area contributed by atoms with E-state index < -0.39 is 0 Å². The van der Waals surface area contributed by atoms with E-state index in [0.29, 0.717) is 25.6 Å². The number of methoxy groups -OCH3 is 1. The third kappa shape index (κ3) is 2.49. The molecule has 0 aromatic rings. The van der Waals surface area contributed by atoms with Crippen molar-refractivity contribution in [1.29, 1.82) is 0 Å². The van der Waals surface area contributed by atoms with Crippen LogP contribution in [0.15, 0.2) is 0 Å². The molecule has 1 saturated heterocycles. The van der Waals surface area contributed by atoms with Gasteiger partial charge in [0.2, 0.25) is 0 Å². The SMILES string of the molecule is COC(=O)C[C@H]1CCCC2(C1)OCCO2. The van der Waals surface area contributed by atoms with Gasteiger partial charge >= 0.3 is 5.97 Å². The van der Waals surface area contributed by atoms with Gasteiger partial charge in [0.1, 0.15) is 0 Å². The van der Waals surface area contributed by atoms with Gasteiger partial charge in [-0.2, -0.15) is 0 Å². The maximum absolute atomic E-state index is 11.2. The van der Waals surface area contributed by atoms with Crippen molar-refractivity contribution in [2.75, 3.05) is 20.3 Å². The molecule has 1 atom stereocenters. The minimum atomic E-state index is -0.378. The lowest BCUT2D eigenvalue weighted by Gasteiger charge is -2.35. The first-order valence-electron chi connectivity index (χ1n) is 5.59. The molecule has 0 aromatic carbocycles. The highest BCUT2D eigenvalue weighted by Crippen LogP contribution is 2.39. The fraction of sp³-hybridized carbons (Fsp3) is 0.909. The number of esters is 1. The molecule has 2 fully saturated rings. The molecule has 0 N–H and O–H groups in total.